The molecule has 1 N–H and O–H groups in total. The van der Waals surface area contributed by atoms with Crippen LogP contribution in [0.4, 0.5) is 0 Å². The summed E-state index contributed by atoms with van der Waals surface area (Å²) in [7, 11) is 0. The molecule has 18 heavy (non-hydrogen) atoms. The van der Waals surface area contributed by atoms with E-state index in [-0.39, 0.29) is 5.56 Å². The Morgan fingerprint density at radius 2 is 1.78 bits per heavy atom. The number of aromatic nitrogens is 1. The van der Waals surface area contributed by atoms with Crippen molar-refractivity contribution in [3.63, 3.8) is 0 Å². The molecule has 0 bridgehead atoms. The van der Waals surface area contributed by atoms with Gasteiger partial charge in [-0.2, -0.15) is 0 Å². The van der Waals surface area contributed by atoms with E-state index in [1.165, 1.54) is 0 Å². The minimum atomic E-state index is -0.994. The van der Waals surface area contributed by atoms with Crippen LogP contribution in [-0.4, -0.2) is 16.1 Å². The topological polar surface area (TPSA) is 50.2 Å². The van der Waals surface area contributed by atoms with Gasteiger partial charge in [0.05, 0.1) is 21.6 Å². The smallest absolute Gasteiger partial charge is 0.337 e. The molecule has 0 fully saturated rings. The van der Waals surface area contributed by atoms with Gasteiger partial charge in [-0.3, -0.25) is 0 Å². The Kier molecular flexibility index (Phi) is 2.42. The summed E-state index contributed by atoms with van der Waals surface area (Å²) in [5.74, 6) is -0.994. The number of carbonyl (C=O) groups is 1. The van der Waals surface area contributed by atoms with Crippen molar-refractivity contribution in [2.24, 2.45) is 0 Å². The third kappa shape index (κ3) is 1.52. The lowest BCUT2D eigenvalue weighted by molar-refractivity contribution is 0.0701. The van der Waals surface area contributed by atoms with Gasteiger partial charge in [-0.1, -0.05) is 35.9 Å². The number of carboxylic acid groups (broad SMARTS) is 1. The third-order valence-corrected chi connectivity index (χ3v) is 3.18. The monoisotopic (exact) mass is 257 g/mol. The van der Waals surface area contributed by atoms with Crippen molar-refractivity contribution in [1.82, 2.24) is 4.98 Å². The molecule has 0 aliphatic carbocycles. The van der Waals surface area contributed by atoms with Gasteiger partial charge < -0.3 is 5.11 Å². The molecule has 0 amide bonds. The number of fused-ring (bicyclic) bond motifs is 2. The number of para-hydroxylation sites is 1. The second kappa shape index (κ2) is 3.96. The molecule has 3 aromatic rings. The molecule has 3 rings (SSSR count). The summed E-state index contributed by atoms with van der Waals surface area (Å²) in [5.41, 5.74) is 1.46. The summed E-state index contributed by atoms with van der Waals surface area (Å²) in [6.07, 6.45) is 0. The predicted octanol–water partition coefficient (Wildman–Crippen LogP) is 3.74. The first kappa shape index (κ1) is 11.0. The Balaban J connectivity index is 2.64. The Morgan fingerprint density at radius 3 is 2.56 bits per heavy atom. The maximum absolute atomic E-state index is 11.5. The lowest BCUT2D eigenvalue weighted by Crippen LogP contribution is -2.01. The summed E-state index contributed by atoms with van der Waals surface area (Å²) >= 11 is 6.10. The fraction of sp³-hybridized carbons (Fsp3) is 0. The van der Waals surface area contributed by atoms with Crippen LogP contribution in [-0.2, 0) is 0 Å². The quantitative estimate of drug-likeness (QED) is 0.676. The molecule has 0 aliphatic rings. The van der Waals surface area contributed by atoms with Crippen LogP contribution in [0.15, 0.2) is 42.5 Å². The molecule has 0 aliphatic heterocycles. The minimum Gasteiger partial charge on any atom is -0.478 e. The molecule has 0 saturated carbocycles. The number of aromatic carboxylic acids is 1. The largest absolute Gasteiger partial charge is 0.478 e. The first-order valence-electron chi connectivity index (χ1n) is 5.39. The zero-order valence-electron chi connectivity index (χ0n) is 9.22. The van der Waals surface area contributed by atoms with Crippen molar-refractivity contribution in [2.45, 2.75) is 0 Å². The van der Waals surface area contributed by atoms with E-state index in [1.54, 1.807) is 36.4 Å². The summed E-state index contributed by atoms with van der Waals surface area (Å²) in [5, 5.41) is 10.9. The molecule has 2 aromatic carbocycles. The zero-order chi connectivity index (χ0) is 12.7. The van der Waals surface area contributed by atoms with Crippen LogP contribution in [0.2, 0.25) is 5.02 Å². The first-order valence-corrected chi connectivity index (χ1v) is 5.76. The highest BCUT2D eigenvalue weighted by Gasteiger charge is 2.16. The summed E-state index contributed by atoms with van der Waals surface area (Å²) in [4.78, 5) is 15.9. The average Bonchev–Trinajstić information content (AvgIpc) is 2.36. The normalized spacial score (nSPS) is 10.9. The number of carboxylic acids is 1. The molecule has 3 nitrogen and oxygen atoms in total. The molecule has 1 heterocycles. The van der Waals surface area contributed by atoms with Crippen LogP contribution in [0.25, 0.3) is 21.8 Å². The van der Waals surface area contributed by atoms with Crippen LogP contribution in [0, 0.1) is 0 Å². The number of rotatable bonds is 1. The molecule has 0 radical (unpaired) electrons. The highest BCUT2D eigenvalue weighted by atomic mass is 35.5. The van der Waals surface area contributed by atoms with Gasteiger partial charge in [-0.25, -0.2) is 9.78 Å². The van der Waals surface area contributed by atoms with Crippen molar-refractivity contribution in [1.29, 1.82) is 0 Å². The lowest BCUT2D eigenvalue weighted by Gasteiger charge is -2.08. The highest BCUT2D eigenvalue weighted by molar-refractivity contribution is 6.37. The van der Waals surface area contributed by atoms with E-state index in [1.807, 2.05) is 6.07 Å². The van der Waals surface area contributed by atoms with Gasteiger partial charge in [0.1, 0.15) is 0 Å². The molecule has 0 unspecified atom stereocenters. The number of benzene rings is 2. The Morgan fingerprint density at radius 1 is 1.06 bits per heavy atom. The Labute approximate surface area is 108 Å². The van der Waals surface area contributed by atoms with Gasteiger partial charge in [0.25, 0.3) is 0 Å². The molecule has 1 aromatic heterocycles. The molecule has 0 atom stereocenters. The maximum atomic E-state index is 11.5. The zero-order valence-corrected chi connectivity index (χ0v) is 9.98. The first-order chi connectivity index (χ1) is 8.68. The number of halogens is 1. The van der Waals surface area contributed by atoms with E-state index in [2.05, 4.69) is 4.98 Å². The van der Waals surface area contributed by atoms with Crippen molar-refractivity contribution in [3.05, 3.63) is 53.1 Å². The summed E-state index contributed by atoms with van der Waals surface area (Å²) < 4.78 is 0. The molecule has 0 saturated heterocycles. The van der Waals surface area contributed by atoms with Gasteiger partial charge in [0.2, 0.25) is 0 Å². The van der Waals surface area contributed by atoms with Gasteiger partial charge >= 0.3 is 5.97 Å². The molecule has 4 heteroatoms. The third-order valence-electron chi connectivity index (χ3n) is 2.87. The van der Waals surface area contributed by atoms with Gasteiger partial charge in [-0.05, 0) is 18.2 Å². The van der Waals surface area contributed by atoms with Gasteiger partial charge in [0.15, 0.2) is 0 Å². The van der Waals surface area contributed by atoms with E-state index in [4.69, 9.17) is 11.6 Å². The molecular weight excluding hydrogens is 250 g/mol. The second-order valence-electron chi connectivity index (χ2n) is 3.94. The molecule has 88 valence electrons. The fourth-order valence-corrected chi connectivity index (χ4v) is 2.39. The van der Waals surface area contributed by atoms with Crippen LogP contribution in [0.5, 0.6) is 0 Å². The predicted molar refractivity (Wildman–Crippen MR) is 71.2 cm³/mol. The van der Waals surface area contributed by atoms with E-state index >= 15 is 0 Å². The lowest BCUT2D eigenvalue weighted by atomic mass is 10.0. The van der Waals surface area contributed by atoms with E-state index < -0.39 is 5.97 Å². The Bertz CT molecular complexity index is 783. The Hall–Kier alpha value is -2.13. The van der Waals surface area contributed by atoms with Crippen molar-refractivity contribution >= 4 is 39.4 Å². The van der Waals surface area contributed by atoms with Gasteiger partial charge in [0, 0.05) is 10.8 Å². The van der Waals surface area contributed by atoms with Crippen LogP contribution in [0.3, 0.4) is 0 Å². The average molecular weight is 258 g/mol. The number of nitrogens with zero attached hydrogens (tertiary/aromatic N) is 1. The summed E-state index contributed by atoms with van der Waals surface area (Å²) in [6, 6.07) is 12.4. The standard InChI is InChI=1S/C14H8ClNO2/c15-9-5-3-7-11-13(9)12(14(17)18)8-4-1-2-6-10(8)16-11/h1-7H,(H,17,18). The van der Waals surface area contributed by atoms with Crippen LogP contribution < -0.4 is 0 Å². The summed E-state index contributed by atoms with van der Waals surface area (Å²) in [6.45, 7) is 0. The minimum absolute atomic E-state index is 0.209. The second-order valence-corrected chi connectivity index (χ2v) is 4.35. The van der Waals surface area contributed by atoms with Crippen molar-refractivity contribution < 1.29 is 9.90 Å². The van der Waals surface area contributed by atoms with E-state index in [9.17, 15) is 9.90 Å². The molecular formula is C14H8ClNO2. The van der Waals surface area contributed by atoms with Crippen LogP contribution >= 0.6 is 11.6 Å². The van der Waals surface area contributed by atoms with Crippen LogP contribution in [0.1, 0.15) is 10.4 Å². The van der Waals surface area contributed by atoms with Gasteiger partial charge in [-0.15, -0.1) is 0 Å². The number of pyridine rings is 1. The SMILES string of the molecule is O=C(O)c1c2ccccc2nc2cccc(Cl)c12. The van der Waals surface area contributed by atoms with Crippen molar-refractivity contribution in [3.8, 4) is 0 Å². The van der Waals surface area contributed by atoms with E-state index in [0.29, 0.717) is 26.8 Å². The number of hydrogen-bond acceptors (Lipinski definition) is 2. The fourth-order valence-electron chi connectivity index (χ4n) is 2.12. The number of hydrogen-bond donors (Lipinski definition) is 1. The maximum Gasteiger partial charge on any atom is 0.337 e. The van der Waals surface area contributed by atoms with E-state index in [0.717, 1.165) is 0 Å². The molecule has 0 spiro atoms. The highest BCUT2D eigenvalue weighted by Crippen LogP contribution is 2.30. The van der Waals surface area contributed by atoms with Crippen molar-refractivity contribution in [2.75, 3.05) is 0 Å².